The minimum atomic E-state index is -0.828. The zero-order valence-electron chi connectivity index (χ0n) is 29.2. The number of carbonyl (C=O) groups excluding carboxylic acids is 2. The predicted molar refractivity (Wildman–Crippen MR) is 205 cm³/mol. The number of thiazole rings is 2. The molecule has 6 heterocycles. The average molecular weight is 731 g/mol. The molecule has 0 aliphatic heterocycles. The van der Waals surface area contributed by atoms with Crippen molar-refractivity contribution in [1.29, 1.82) is 0 Å². The molecule has 1 unspecified atom stereocenters. The van der Waals surface area contributed by atoms with Gasteiger partial charge >= 0.3 is 0 Å². The van der Waals surface area contributed by atoms with E-state index in [4.69, 9.17) is 9.72 Å². The van der Waals surface area contributed by atoms with Crippen molar-refractivity contribution in [3.05, 3.63) is 143 Å². The van der Waals surface area contributed by atoms with Crippen LogP contribution in [0, 0.1) is 0 Å². The predicted octanol–water partition coefficient (Wildman–Crippen LogP) is 8.19. The number of fused-ring (bicyclic) bond motifs is 1. The average Bonchev–Trinajstić information content (AvgIpc) is 3.95. The Morgan fingerprint density at radius 2 is 1.62 bits per heavy atom. The van der Waals surface area contributed by atoms with Crippen molar-refractivity contribution in [3.8, 4) is 0 Å². The van der Waals surface area contributed by atoms with Crippen LogP contribution in [0.4, 0.5) is 10.3 Å². The summed E-state index contributed by atoms with van der Waals surface area (Å²) in [6.45, 7) is 8.50. The summed E-state index contributed by atoms with van der Waals surface area (Å²) in [4.78, 5) is 44.9. The van der Waals surface area contributed by atoms with Crippen molar-refractivity contribution in [2.45, 2.75) is 58.4 Å². The van der Waals surface area contributed by atoms with Crippen LogP contribution in [-0.4, -0.2) is 47.0 Å². The van der Waals surface area contributed by atoms with Gasteiger partial charge in [-0.1, -0.05) is 23.5 Å². The number of benzene rings is 1. The zero-order chi connectivity index (χ0) is 36.2. The van der Waals surface area contributed by atoms with Crippen molar-refractivity contribution in [3.63, 3.8) is 0 Å². The van der Waals surface area contributed by atoms with E-state index < -0.39 is 5.60 Å². The van der Waals surface area contributed by atoms with Crippen LogP contribution < -0.4 is 10.6 Å². The second-order valence-corrected chi connectivity index (χ2v) is 14.8. The van der Waals surface area contributed by atoms with E-state index in [2.05, 4.69) is 25.6 Å². The molecular formula is C39H38N8O3S2. The van der Waals surface area contributed by atoms with Gasteiger partial charge in [0.25, 0.3) is 11.8 Å². The summed E-state index contributed by atoms with van der Waals surface area (Å²) in [5, 5.41) is 8.92. The van der Waals surface area contributed by atoms with Crippen LogP contribution in [-0.2, 0) is 23.3 Å². The Morgan fingerprint density at radius 3 is 2.42 bits per heavy atom. The number of pyridine rings is 2. The summed E-state index contributed by atoms with van der Waals surface area (Å²) in [5.41, 5.74) is 4.64. The van der Waals surface area contributed by atoms with Crippen LogP contribution in [0.15, 0.2) is 109 Å². The highest BCUT2D eigenvalue weighted by molar-refractivity contribution is 7.22. The summed E-state index contributed by atoms with van der Waals surface area (Å²) in [6.07, 6.45) is 9.42. The summed E-state index contributed by atoms with van der Waals surface area (Å²) in [7, 11) is 0. The van der Waals surface area contributed by atoms with Gasteiger partial charge in [-0.2, -0.15) is 0 Å². The minimum Gasteiger partial charge on any atom is -0.366 e. The molecule has 52 heavy (non-hydrogen) atoms. The van der Waals surface area contributed by atoms with Gasteiger partial charge in [0.05, 0.1) is 28.1 Å². The van der Waals surface area contributed by atoms with Gasteiger partial charge in [-0.05, 0) is 99.5 Å². The Hall–Kier alpha value is -5.50. The first-order valence-electron chi connectivity index (χ1n) is 16.9. The van der Waals surface area contributed by atoms with Gasteiger partial charge in [0, 0.05) is 55.0 Å². The van der Waals surface area contributed by atoms with Crippen LogP contribution >= 0.6 is 22.7 Å². The number of ether oxygens (including phenoxy) is 1. The van der Waals surface area contributed by atoms with Crippen LogP contribution in [0.3, 0.4) is 0 Å². The number of nitrogens with zero attached hydrogens (tertiary/aromatic N) is 6. The van der Waals surface area contributed by atoms with E-state index in [0.29, 0.717) is 40.3 Å². The van der Waals surface area contributed by atoms with Gasteiger partial charge in [-0.3, -0.25) is 30.2 Å². The Bertz CT molecular complexity index is 2290. The lowest BCUT2D eigenvalue weighted by Gasteiger charge is -2.30. The lowest BCUT2D eigenvalue weighted by Crippen LogP contribution is -2.32. The van der Waals surface area contributed by atoms with Crippen LogP contribution in [0.5, 0.6) is 0 Å². The number of hydrogen-bond donors (Lipinski definition) is 2. The van der Waals surface area contributed by atoms with E-state index >= 15 is 0 Å². The molecule has 7 rings (SSSR count). The Balaban J connectivity index is 1.05. The molecule has 2 N–H and O–H groups in total. The molecule has 0 saturated carbocycles. The highest BCUT2D eigenvalue weighted by Gasteiger charge is 2.33. The third-order valence-corrected chi connectivity index (χ3v) is 10.4. The fourth-order valence-electron chi connectivity index (χ4n) is 6.28. The monoisotopic (exact) mass is 730 g/mol. The number of nitrogens with one attached hydrogen (secondary N) is 2. The van der Waals surface area contributed by atoms with Crippen molar-refractivity contribution >= 4 is 55.0 Å². The lowest BCUT2D eigenvalue weighted by atomic mass is 9.95. The van der Waals surface area contributed by atoms with Crippen molar-refractivity contribution < 1.29 is 14.3 Å². The third kappa shape index (κ3) is 7.71. The van der Waals surface area contributed by atoms with Gasteiger partial charge in [0.15, 0.2) is 10.3 Å². The van der Waals surface area contributed by atoms with Crippen molar-refractivity contribution in [2.24, 2.45) is 0 Å². The van der Waals surface area contributed by atoms with Crippen LogP contribution in [0.1, 0.15) is 77.2 Å². The standard InChI is InChI=1S/C39H38N8O3S2/c1-25(2)50-39(4,34-24-51-37(43-34)44-36(49)32-11-8-20-47(32)26(3)28-14-16-40-17-15-28)22-29-21-27(13-18-41-29)23-46-19-7-10-31(46)35(48)45-38-42-30-9-5-6-12-33(30)52-38/h5-21,24-26H,22-23H2,1-4H3,(H,42,45,48)(H,43,44,49)/t26-,39?/m1/s1. The molecule has 13 heteroatoms. The third-order valence-electron chi connectivity index (χ3n) is 8.71. The normalized spacial score (nSPS) is 13.2. The van der Waals surface area contributed by atoms with Crippen molar-refractivity contribution in [2.75, 3.05) is 10.6 Å². The van der Waals surface area contributed by atoms with Gasteiger partial charge in [-0.15, -0.1) is 11.3 Å². The second-order valence-electron chi connectivity index (χ2n) is 12.9. The van der Waals surface area contributed by atoms with E-state index in [1.807, 2.05) is 115 Å². The highest BCUT2D eigenvalue weighted by Crippen LogP contribution is 2.34. The topological polar surface area (TPSA) is 129 Å². The summed E-state index contributed by atoms with van der Waals surface area (Å²) in [5.74, 6) is -0.468. The summed E-state index contributed by atoms with van der Waals surface area (Å²) in [6, 6.07) is 23.0. The van der Waals surface area contributed by atoms with Gasteiger partial charge < -0.3 is 13.9 Å². The molecule has 11 nitrogen and oxygen atoms in total. The number of amides is 2. The fourth-order valence-corrected chi connectivity index (χ4v) is 7.97. The molecule has 0 saturated heterocycles. The van der Waals surface area contributed by atoms with Gasteiger partial charge in [0.1, 0.15) is 17.0 Å². The Morgan fingerprint density at radius 1 is 0.865 bits per heavy atom. The second kappa shape index (κ2) is 15.0. The first kappa shape index (κ1) is 34.9. The van der Waals surface area contributed by atoms with Gasteiger partial charge in [-0.25, -0.2) is 9.97 Å². The van der Waals surface area contributed by atoms with Gasteiger partial charge in [0.2, 0.25) is 0 Å². The highest BCUT2D eigenvalue weighted by atomic mass is 32.1. The fraction of sp³-hybridized carbons (Fsp3) is 0.231. The van der Waals surface area contributed by atoms with Crippen LogP contribution in [0.2, 0.25) is 0 Å². The van der Waals surface area contributed by atoms with E-state index in [9.17, 15) is 9.59 Å². The Labute approximate surface area is 309 Å². The molecule has 0 fully saturated rings. The molecular weight excluding hydrogens is 693 g/mol. The smallest absolute Gasteiger partial charge is 0.274 e. The summed E-state index contributed by atoms with van der Waals surface area (Å²) >= 11 is 2.80. The molecule has 2 atom stereocenters. The molecule has 0 bridgehead atoms. The Kier molecular flexibility index (Phi) is 10.1. The first-order chi connectivity index (χ1) is 25.1. The number of aromatic nitrogens is 6. The SMILES string of the molecule is CC(C)OC(C)(Cc1cc(Cn2cccc2C(=O)Nc2nc3ccccc3s2)ccn1)c1csc(NC(=O)c2cccn2[C@H](C)c2ccncc2)n1. The molecule has 0 radical (unpaired) electrons. The molecule has 0 aliphatic rings. The molecule has 0 aliphatic carbocycles. The van der Waals surface area contributed by atoms with E-state index in [-0.39, 0.29) is 24.0 Å². The lowest BCUT2D eigenvalue weighted by molar-refractivity contribution is -0.0756. The number of carbonyl (C=O) groups is 2. The molecule has 264 valence electrons. The van der Waals surface area contributed by atoms with Crippen molar-refractivity contribution in [1.82, 2.24) is 29.1 Å². The maximum atomic E-state index is 13.5. The minimum absolute atomic E-state index is 0.0534. The number of anilines is 2. The molecule has 2 amide bonds. The quantitative estimate of drug-likeness (QED) is 0.122. The number of para-hydroxylation sites is 1. The molecule has 6 aromatic heterocycles. The van der Waals surface area contributed by atoms with Crippen LogP contribution in [0.25, 0.3) is 10.2 Å². The summed E-state index contributed by atoms with van der Waals surface area (Å²) < 4.78 is 11.4. The largest absolute Gasteiger partial charge is 0.366 e. The molecule has 1 aromatic carbocycles. The van der Waals surface area contributed by atoms with E-state index in [0.717, 1.165) is 27.0 Å². The molecule has 0 spiro atoms. The maximum Gasteiger partial charge on any atom is 0.274 e. The molecule has 7 aromatic rings. The maximum absolute atomic E-state index is 13.5. The number of hydrogen-bond acceptors (Lipinski definition) is 9. The zero-order valence-corrected chi connectivity index (χ0v) is 30.8. The number of rotatable bonds is 13. The van der Waals surface area contributed by atoms with E-state index in [1.165, 1.54) is 22.7 Å². The first-order valence-corrected chi connectivity index (χ1v) is 18.6. The van der Waals surface area contributed by atoms with E-state index in [1.54, 1.807) is 30.7 Å².